The summed E-state index contributed by atoms with van der Waals surface area (Å²) in [7, 11) is 0. The zero-order valence-corrected chi connectivity index (χ0v) is 17.7. The Labute approximate surface area is 181 Å². The minimum absolute atomic E-state index is 0.000588. The molecular weight excluding hydrogens is 436 g/mol. The minimum atomic E-state index is -0.889. The molecule has 2 heterocycles. The van der Waals surface area contributed by atoms with Gasteiger partial charge in [-0.3, -0.25) is 14.5 Å². The molecule has 1 N–H and O–H groups in total. The molecule has 0 radical (unpaired) electrons. The lowest BCUT2D eigenvalue weighted by Gasteiger charge is -2.13. The molecule has 0 saturated carbocycles. The Morgan fingerprint density at radius 2 is 2.07 bits per heavy atom. The molecule has 1 fully saturated rings. The van der Waals surface area contributed by atoms with Crippen molar-refractivity contribution in [1.29, 1.82) is 0 Å². The van der Waals surface area contributed by atoms with Crippen molar-refractivity contribution in [1.82, 2.24) is 9.88 Å². The van der Waals surface area contributed by atoms with Gasteiger partial charge in [0.1, 0.15) is 9.35 Å². The van der Waals surface area contributed by atoms with Crippen LogP contribution >= 0.6 is 47.3 Å². The van der Waals surface area contributed by atoms with Crippen molar-refractivity contribution in [2.45, 2.75) is 22.8 Å². The highest BCUT2D eigenvalue weighted by molar-refractivity contribution is 8.26. The molecule has 1 aliphatic rings. The molecule has 0 aliphatic carbocycles. The Bertz CT molecular complexity index is 948. The van der Waals surface area contributed by atoms with Gasteiger partial charge in [-0.05, 0) is 42.8 Å². The maximum Gasteiger partial charge on any atom is 0.303 e. The molecule has 0 atom stereocenters. The zero-order valence-electron chi connectivity index (χ0n) is 14.5. The first-order valence-corrected chi connectivity index (χ1v) is 10.7. The van der Waals surface area contributed by atoms with Crippen molar-refractivity contribution < 1.29 is 14.7 Å². The number of pyridine rings is 1. The van der Waals surface area contributed by atoms with Crippen molar-refractivity contribution >= 4 is 69.6 Å². The van der Waals surface area contributed by atoms with Gasteiger partial charge in [-0.2, -0.15) is 0 Å². The smallest absolute Gasteiger partial charge is 0.303 e. The average molecular weight is 451 g/mol. The number of halogens is 1. The van der Waals surface area contributed by atoms with E-state index in [1.807, 2.05) is 36.4 Å². The molecule has 1 amide bonds. The molecule has 1 saturated heterocycles. The summed E-state index contributed by atoms with van der Waals surface area (Å²) in [5.41, 5.74) is 0.813. The fraction of sp³-hybridized carbons (Fsp3) is 0.158. The van der Waals surface area contributed by atoms with E-state index in [4.69, 9.17) is 28.9 Å². The molecule has 2 aromatic rings. The first-order chi connectivity index (χ1) is 13.4. The van der Waals surface area contributed by atoms with E-state index in [1.54, 1.807) is 12.3 Å². The Kier molecular flexibility index (Phi) is 7.12. The lowest BCUT2D eigenvalue weighted by molar-refractivity contribution is -0.137. The van der Waals surface area contributed by atoms with Crippen molar-refractivity contribution in [3.05, 3.63) is 58.1 Å². The SMILES string of the molecule is O=C(O)CCCN1C(=O)/C(=C/c2cccnc2Sc2ccc(Cl)cc2)SC1=S. The molecule has 144 valence electrons. The van der Waals surface area contributed by atoms with Gasteiger partial charge in [-0.1, -0.05) is 53.4 Å². The largest absolute Gasteiger partial charge is 0.481 e. The molecule has 5 nitrogen and oxygen atoms in total. The van der Waals surface area contributed by atoms with Crippen LogP contribution in [0.3, 0.4) is 0 Å². The normalized spacial score (nSPS) is 15.5. The van der Waals surface area contributed by atoms with Crippen LogP contribution < -0.4 is 0 Å². The predicted octanol–water partition coefficient (Wildman–Crippen LogP) is 4.95. The number of amides is 1. The number of carbonyl (C=O) groups excluding carboxylic acids is 1. The maximum absolute atomic E-state index is 12.7. The van der Waals surface area contributed by atoms with Crippen LogP contribution in [0.4, 0.5) is 0 Å². The molecular formula is C19H15ClN2O3S3. The van der Waals surface area contributed by atoms with Crippen LogP contribution in [0.2, 0.25) is 5.02 Å². The van der Waals surface area contributed by atoms with E-state index in [1.165, 1.54) is 28.4 Å². The van der Waals surface area contributed by atoms with Crippen LogP contribution in [0.1, 0.15) is 18.4 Å². The third-order valence-corrected chi connectivity index (χ3v) is 6.43. The summed E-state index contributed by atoms with van der Waals surface area (Å²) in [5, 5.41) is 10.2. The van der Waals surface area contributed by atoms with E-state index in [9.17, 15) is 9.59 Å². The number of aliphatic carboxylic acids is 1. The monoisotopic (exact) mass is 450 g/mol. The van der Waals surface area contributed by atoms with E-state index < -0.39 is 5.97 Å². The van der Waals surface area contributed by atoms with Crippen LogP contribution in [0.15, 0.2) is 57.4 Å². The summed E-state index contributed by atoms with van der Waals surface area (Å²) in [6.07, 6.45) is 3.84. The molecule has 0 bridgehead atoms. The van der Waals surface area contributed by atoms with Crippen molar-refractivity contribution in [2.24, 2.45) is 0 Å². The fourth-order valence-corrected chi connectivity index (χ4v) is 4.71. The summed E-state index contributed by atoms with van der Waals surface area (Å²) >= 11 is 13.9. The van der Waals surface area contributed by atoms with E-state index in [-0.39, 0.29) is 12.3 Å². The number of carboxylic acid groups (broad SMARTS) is 1. The molecule has 28 heavy (non-hydrogen) atoms. The summed E-state index contributed by atoms with van der Waals surface area (Å²) in [6.45, 7) is 0.299. The van der Waals surface area contributed by atoms with Crippen molar-refractivity contribution in [3.8, 4) is 0 Å². The van der Waals surface area contributed by atoms with Crippen LogP contribution in [-0.2, 0) is 9.59 Å². The van der Waals surface area contributed by atoms with E-state index in [0.29, 0.717) is 27.2 Å². The number of carboxylic acids is 1. The number of nitrogens with zero attached hydrogens (tertiary/aromatic N) is 2. The second-order valence-corrected chi connectivity index (χ2v) is 8.96. The topological polar surface area (TPSA) is 70.5 Å². The third kappa shape index (κ3) is 5.35. The van der Waals surface area contributed by atoms with Crippen LogP contribution in [-0.4, -0.2) is 37.7 Å². The number of thioether (sulfide) groups is 1. The van der Waals surface area contributed by atoms with Crippen molar-refractivity contribution in [3.63, 3.8) is 0 Å². The Hall–Kier alpha value is -1.87. The molecule has 1 aliphatic heterocycles. The predicted molar refractivity (Wildman–Crippen MR) is 117 cm³/mol. The molecule has 0 spiro atoms. The van der Waals surface area contributed by atoms with Gasteiger partial charge in [0, 0.05) is 34.6 Å². The number of hydrogen-bond donors (Lipinski definition) is 1. The Morgan fingerprint density at radius 1 is 1.32 bits per heavy atom. The lowest BCUT2D eigenvalue weighted by atomic mass is 10.2. The Balaban J connectivity index is 1.78. The van der Waals surface area contributed by atoms with Gasteiger partial charge in [0.15, 0.2) is 0 Å². The lowest BCUT2D eigenvalue weighted by Crippen LogP contribution is -2.29. The van der Waals surface area contributed by atoms with Gasteiger partial charge in [-0.25, -0.2) is 4.98 Å². The number of thiocarbonyl (C=S) groups is 1. The Morgan fingerprint density at radius 3 is 2.79 bits per heavy atom. The van der Waals surface area contributed by atoms with Crippen LogP contribution in [0.5, 0.6) is 0 Å². The number of hydrogen-bond acceptors (Lipinski definition) is 6. The van der Waals surface area contributed by atoms with E-state index in [0.717, 1.165) is 15.5 Å². The second kappa shape index (κ2) is 9.56. The summed E-state index contributed by atoms with van der Waals surface area (Å²) in [5.74, 6) is -1.09. The summed E-state index contributed by atoms with van der Waals surface area (Å²) in [6, 6.07) is 11.2. The zero-order chi connectivity index (χ0) is 20.1. The highest BCUT2D eigenvalue weighted by Crippen LogP contribution is 2.35. The summed E-state index contributed by atoms with van der Waals surface area (Å²) in [4.78, 5) is 30.7. The molecule has 0 unspecified atom stereocenters. The first-order valence-electron chi connectivity index (χ1n) is 8.29. The van der Waals surface area contributed by atoms with Gasteiger partial charge >= 0.3 is 5.97 Å². The van der Waals surface area contributed by atoms with Gasteiger partial charge in [0.25, 0.3) is 5.91 Å². The standard InChI is InChI=1S/C19H15ClN2O3S3/c20-13-5-7-14(8-6-13)27-17-12(3-1-9-21-17)11-15-18(25)22(19(26)28-15)10-2-4-16(23)24/h1,3,5-9,11H,2,4,10H2,(H,23,24)/b15-11-. The molecule has 1 aromatic carbocycles. The van der Waals surface area contributed by atoms with E-state index >= 15 is 0 Å². The molecule has 1 aromatic heterocycles. The quantitative estimate of drug-likeness (QED) is 0.472. The minimum Gasteiger partial charge on any atom is -0.481 e. The first kappa shape index (κ1) is 20.9. The highest BCUT2D eigenvalue weighted by Gasteiger charge is 2.31. The fourth-order valence-electron chi connectivity index (χ4n) is 2.44. The number of carbonyl (C=O) groups is 2. The number of benzene rings is 1. The van der Waals surface area contributed by atoms with E-state index in [2.05, 4.69) is 4.98 Å². The van der Waals surface area contributed by atoms with Crippen LogP contribution in [0.25, 0.3) is 6.08 Å². The molecule has 3 rings (SSSR count). The molecule has 9 heteroatoms. The number of aromatic nitrogens is 1. The van der Waals surface area contributed by atoms with Gasteiger partial charge in [0.05, 0.1) is 4.91 Å². The third-order valence-electron chi connectivity index (χ3n) is 3.76. The van der Waals surface area contributed by atoms with Gasteiger partial charge in [0.2, 0.25) is 0 Å². The average Bonchev–Trinajstić information content (AvgIpc) is 2.92. The second-order valence-electron chi connectivity index (χ2n) is 5.78. The maximum atomic E-state index is 12.7. The summed E-state index contributed by atoms with van der Waals surface area (Å²) < 4.78 is 0.442. The number of rotatable bonds is 7. The van der Waals surface area contributed by atoms with Gasteiger partial charge in [-0.15, -0.1) is 0 Å². The highest BCUT2D eigenvalue weighted by atomic mass is 35.5. The van der Waals surface area contributed by atoms with Crippen LogP contribution in [0, 0.1) is 0 Å². The van der Waals surface area contributed by atoms with Gasteiger partial charge < -0.3 is 5.11 Å². The van der Waals surface area contributed by atoms with Crippen molar-refractivity contribution in [2.75, 3.05) is 6.54 Å².